The van der Waals surface area contributed by atoms with E-state index in [1.165, 1.54) is 25.7 Å². The molecule has 1 atom stereocenters. The van der Waals surface area contributed by atoms with Crippen LogP contribution in [-0.2, 0) is 9.53 Å². The van der Waals surface area contributed by atoms with Crippen LogP contribution in [0.5, 0.6) is 0 Å². The van der Waals surface area contributed by atoms with Crippen molar-refractivity contribution in [3.8, 4) is 0 Å². The minimum atomic E-state index is -0.787. The average molecular weight is 200 g/mol. The van der Waals surface area contributed by atoms with Crippen LogP contribution < -0.4 is 0 Å². The average Bonchev–Trinajstić information content (AvgIpc) is 2.84. The standard InChI is InChI=1S/C11H20O3/c1-2-3-4-5-6-7-8-11(9-12)10(13)14-11/h12H,2-9H2,1H3/t11-/m1/s1. The zero-order chi connectivity index (χ0) is 10.4. The highest BCUT2D eigenvalue weighted by molar-refractivity contribution is 5.92. The number of ether oxygens (including phenoxy) is 1. The maximum Gasteiger partial charge on any atom is 0.354 e. The van der Waals surface area contributed by atoms with Crippen molar-refractivity contribution in [3.63, 3.8) is 0 Å². The largest absolute Gasteiger partial charge is 0.441 e. The van der Waals surface area contributed by atoms with Gasteiger partial charge < -0.3 is 9.84 Å². The van der Waals surface area contributed by atoms with Gasteiger partial charge in [-0.15, -0.1) is 0 Å². The fourth-order valence-electron chi connectivity index (χ4n) is 1.67. The summed E-state index contributed by atoms with van der Waals surface area (Å²) >= 11 is 0. The molecule has 0 saturated carbocycles. The van der Waals surface area contributed by atoms with E-state index in [9.17, 15) is 4.79 Å². The fraction of sp³-hybridized carbons (Fsp3) is 0.909. The van der Waals surface area contributed by atoms with Gasteiger partial charge in [0.15, 0.2) is 0 Å². The molecule has 82 valence electrons. The second kappa shape index (κ2) is 5.35. The summed E-state index contributed by atoms with van der Waals surface area (Å²) in [6, 6.07) is 0. The van der Waals surface area contributed by atoms with Crippen LogP contribution in [0.2, 0.25) is 0 Å². The first-order valence-corrected chi connectivity index (χ1v) is 5.59. The second-order valence-corrected chi connectivity index (χ2v) is 4.06. The molecule has 1 aliphatic rings. The maximum atomic E-state index is 10.8. The smallest absolute Gasteiger partial charge is 0.354 e. The number of carbonyl (C=O) groups is 1. The number of aliphatic hydroxyl groups is 1. The molecule has 0 aromatic carbocycles. The summed E-state index contributed by atoms with van der Waals surface area (Å²) in [5.74, 6) is -0.228. The number of hydrogen-bond acceptors (Lipinski definition) is 3. The Kier molecular flexibility index (Phi) is 4.39. The number of unbranched alkanes of at least 4 members (excludes halogenated alkanes) is 5. The monoisotopic (exact) mass is 200 g/mol. The molecule has 3 heteroatoms. The lowest BCUT2D eigenvalue weighted by Crippen LogP contribution is -2.18. The molecule has 0 aliphatic carbocycles. The molecule has 1 rings (SSSR count). The number of hydrogen-bond donors (Lipinski definition) is 1. The van der Waals surface area contributed by atoms with E-state index in [0.29, 0.717) is 6.42 Å². The van der Waals surface area contributed by atoms with E-state index in [-0.39, 0.29) is 12.6 Å². The van der Waals surface area contributed by atoms with Gasteiger partial charge in [0.2, 0.25) is 5.60 Å². The van der Waals surface area contributed by atoms with Crippen molar-refractivity contribution < 1.29 is 14.6 Å². The number of carbonyl (C=O) groups excluding carboxylic acids is 1. The number of cyclic esters (lactones) is 1. The Balaban J connectivity index is 1.96. The van der Waals surface area contributed by atoms with Gasteiger partial charge >= 0.3 is 5.97 Å². The lowest BCUT2D eigenvalue weighted by molar-refractivity contribution is -0.117. The minimum Gasteiger partial charge on any atom is -0.441 e. The van der Waals surface area contributed by atoms with Crippen LogP contribution in [0.1, 0.15) is 51.9 Å². The molecule has 0 aromatic heterocycles. The Morgan fingerprint density at radius 2 is 1.79 bits per heavy atom. The molecule has 1 aliphatic heterocycles. The van der Waals surface area contributed by atoms with Crippen molar-refractivity contribution >= 4 is 5.97 Å². The Bertz CT molecular complexity index is 191. The molecule has 0 radical (unpaired) electrons. The Morgan fingerprint density at radius 1 is 1.21 bits per heavy atom. The number of rotatable bonds is 8. The predicted molar refractivity (Wildman–Crippen MR) is 53.9 cm³/mol. The topological polar surface area (TPSA) is 49.8 Å². The summed E-state index contributed by atoms with van der Waals surface area (Å²) in [6.07, 6.45) is 7.85. The van der Waals surface area contributed by atoms with Crippen LogP contribution in [0.15, 0.2) is 0 Å². The van der Waals surface area contributed by atoms with Gasteiger partial charge in [0, 0.05) is 6.42 Å². The van der Waals surface area contributed by atoms with Crippen LogP contribution in [0.25, 0.3) is 0 Å². The third kappa shape index (κ3) is 2.98. The van der Waals surface area contributed by atoms with Crippen LogP contribution in [0.4, 0.5) is 0 Å². The molecule has 1 heterocycles. The van der Waals surface area contributed by atoms with Crippen molar-refractivity contribution in [3.05, 3.63) is 0 Å². The highest BCUT2D eigenvalue weighted by atomic mass is 16.7. The zero-order valence-electron chi connectivity index (χ0n) is 8.92. The number of epoxide rings is 1. The zero-order valence-corrected chi connectivity index (χ0v) is 8.92. The van der Waals surface area contributed by atoms with Gasteiger partial charge in [-0.3, -0.25) is 0 Å². The molecule has 0 aromatic rings. The lowest BCUT2D eigenvalue weighted by atomic mass is 10.0. The normalized spacial score (nSPS) is 24.9. The van der Waals surface area contributed by atoms with Gasteiger partial charge in [-0.2, -0.15) is 0 Å². The van der Waals surface area contributed by atoms with Crippen LogP contribution in [0, 0.1) is 0 Å². The van der Waals surface area contributed by atoms with Crippen molar-refractivity contribution in [1.82, 2.24) is 0 Å². The van der Waals surface area contributed by atoms with E-state index < -0.39 is 5.60 Å². The first-order chi connectivity index (χ1) is 6.75. The molecule has 3 nitrogen and oxygen atoms in total. The quantitative estimate of drug-likeness (QED) is 0.481. The first kappa shape index (κ1) is 11.5. The van der Waals surface area contributed by atoms with Gasteiger partial charge in [0.05, 0.1) is 6.61 Å². The molecule has 1 fully saturated rings. The van der Waals surface area contributed by atoms with E-state index in [4.69, 9.17) is 9.84 Å². The van der Waals surface area contributed by atoms with Gasteiger partial charge in [-0.05, 0) is 6.42 Å². The maximum absolute atomic E-state index is 10.8. The van der Waals surface area contributed by atoms with E-state index in [2.05, 4.69) is 6.92 Å². The summed E-state index contributed by atoms with van der Waals surface area (Å²) < 4.78 is 4.79. The van der Waals surface area contributed by atoms with Crippen molar-refractivity contribution in [2.24, 2.45) is 0 Å². The summed E-state index contributed by atoms with van der Waals surface area (Å²) in [5.41, 5.74) is -0.787. The third-order valence-corrected chi connectivity index (χ3v) is 2.81. The molecule has 0 unspecified atom stereocenters. The summed E-state index contributed by atoms with van der Waals surface area (Å²) in [6.45, 7) is 2.04. The molecule has 1 saturated heterocycles. The lowest BCUT2D eigenvalue weighted by Gasteiger charge is -2.04. The van der Waals surface area contributed by atoms with Crippen molar-refractivity contribution in [1.29, 1.82) is 0 Å². The Morgan fingerprint density at radius 3 is 2.29 bits per heavy atom. The van der Waals surface area contributed by atoms with Crippen LogP contribution >= 0.6 is 0 Å². The second-order valence-electron chi connectivity index (χ2n) is 4.06. The first-order valence-electron chi connectivity index (χ1n) is 5.59. The van der Waals surface area contributed by atoms with E-state index in [0.717, 1.165) is 12.8 Å². The molecular formula is C11H20O3. The SMILES string of the molecule is CCCCCCCC[C@]1(CO)OC1=O. The van der Waals surface area contributed by atoms with E-state index in [1.807, 2.05) is 0 Å². The van der Waals surface area contributed by atoms with Crippen molar-refractivity contribution in [2.45, 2.75) is 57.5 Å². The van der Waals surface area contributed by atoms with Crippen LogP contribution in [0.3, 0.4) is 0 Å². The summed E-state index contributed by atoms with van der Waals surface area (Å²) in [4.78, 5) is 10.8. The summed E-state index contributed by atoms with van der Waals surface area (Å²) in [7, 11) is 0. The number of aliphatic hydroxyl groups excluding tert-OH is 1. The van der Waals surface area contributed by atoms with Crippen molar-refractivity contribution in [2.75, 3.05) is 6.61 Å². The van der Waals surface area contributed by atoms with Gasteiger partial charge in [0.25, 0.3) is 0 Å². The molecule has 14 heavy (non-hydrogen) atoms. The minimum absolute atomic E-state index is 0.152. The fourth-order valence-corrected chi connectivity index (χ4v) is 1.67. The Labute approximate surface area is 85.5 Å². The highest BCUT2D eigenvalue weighted by Gasteiger charge is 2.56. The van der Waals surface area contributed by atoms with Gasteiger partial charge in [-0.25, -0.2) is 4.79 Å². The van der Waals surface area contributed by atoms with Crippen LogP contribution in [-0.4, -0.2) is 23.3 Å². The molecule has 0 amide bonds. The highest BCUT2D eigenvalue weighted by Crippen LogP contribution is 2.34. The molecule has 1 N–H and O–H groups in total. The third-order valence-electron chi connectivity index (χ3n) is 2.81. The molecule has 0 spiro atoms. The van der Waals surface area contributed by atoms with E-state index in [1.54, 1.807) is 0 Å². The van der Waals surface area contributed by atoms with Gasteiger partial charge in [0.1, 0.15) is 0 Å². The molecule has 0 bridgehead atoms. The Hall–Kier alpha value is -0.570. The van der Waals surface area contributed by atoms with E-state index >= 15 is 0 Å². The summed E-state index contributed by atoms with van der Waals surface area (Å²) in [5, 5.41) is 8.92. The van der Waals surface area contributed by atoms with Gasteiger partial charge in [-0.1, -0.05) is 39.0 Å². The molecular weight excluding hydrogens is 180 g/mol. The predicted octanol–water partition coefficient (Wildman–Crippen LogP) is 2.02.